The summed E-state index contributed by atoms with van der Waals surface area (Å²) < 4.78 is 10.3. The van der Waals surface area contributed by atoms with Gasteiger partial charge in [-0.25, -0.2) is 0 Å². The van der Waals surface area contributed by atoms with E-state index in [2.05, 4.69) is 0 Å². The minimum Gasteiger partial charge on any atom is -0.425 e. The van der Waals surface area contributed by atoms with Crippen molar-refractivity contribution in [2.24, 2.45) is 11.8 Å². The Hall–Kier alpha value is -3.28. The lowest BCUT2D eigenvalue weighted by Gasteiger charge is -2.26. The van der Waals surface area contributed by atoms with Crippen LogP contribution in [0.2, 0.25) is 0 Å². The molecule has 0 saturated carbocycles. The number of carbonyl (C=O) groups is 4. The van der Waals surface area contributed by atoms with E-state index >= 15 is 0 Å². The van der Waals surface area contributed by atoms with Crippen molar-refractivity contribution in [2.75, 3.05) is 0 Å². The van der Waals surface area contributed by atoms with Crippen molar-refractivity contribution in [3.8, 4) is 11.5 Å². The summed E-state index contributed by atoms with van der Waals surface area (Å²) in [4.78, 5) is 49.6. The fraction of sp³-hybridized carbons (Fsp3) is 0.158. The average Bonchev–Trinajstić information content (AvgIpc) is 2.61. The first-order chi connectivity index (χ1) is 12.1. The predicted octanol–water partition coefficient (Wildman–Crippen LogP) is 2.21. The molecule has 0 unspecified atom stereocenters. The van der Waals surface area contributed by atoms with Crippen LogP contribution in [0.1, 0.15) is 27.1 Å². The molecule has 124 valence electrons. The Bertz CT molecular complexity index is 854. The Kier molecular flexibility index (Phi) is 3.46. The molecule has 0 amide bonds. The smallest absolute Gasteiger partial charge is 0.322 e. The number of fused-ring (bicyclic) bond motifs is 2. The molecule has 2 atom stereocenters. The monoisotopic (exact) mass is 336 g/mol. The van der Waals surface area contributed by atoms with Gasteiger partial charge in [-0.15, -0.1) is 0 Å². The number of carbonyl (C=O) groups excluding carboxylic acids is 4. The van der Waals surface area contributed by atoms with Crippen molar-refractivity contribution in [1.82, 2.24) is 0 Å². The van der Waals surface area contributed by atoms with E-state index < -0.39 is 35.3 Å². The molecule has 25 heavy (non-hydrogen) atoms. The molecule has 4 rings (SSSR count). The van der Waals surface area contributed by atoms with E-state index in [0.717, 1.165) is 0 Å². The first-order valence-electron chi connectivity index (χ1n) is 7.76. The highest BCUT2D eigenvalue weighted by Gasteiger charge is 2.44. The summed E-state index contributed by atoms with van der Waals surface area (Å²) in [7, 11) is 0. The maximum atomic E-state index is 12.6. The van der Waals surface area contributed by atoms with E-state index in [1.807, 2.05) is 0 Å². The van der Waals surface area contributed by atoms with Crippen LogP contribution in [0, 0.1) is 11.8 Å². The molecule has 2 aromatic carbocycles. The first-order valence-corrected chi connectivity index (χ1v) is 7.76. The Labute approximate surface area is 142 Å². The standard InChI is InChI=1S/C19H12O6/c20-16-10-5-1-3-7-14(10)24-18(22)12(16)9-13-17(21)11-6-2-4-8-15(11)25-19(13)23/h1-8,12-13H,9H2/t12-,13+. The van der Waals surface area contributed by atoms with E-state index in [0.29, 0.717) is 0 Å². The summed E-state index contributed by atoms with van der Waals surface area (Å²) in [5.74, 6) is -4.46. The molecule has 0 N–H and O–H groups in total. The second-order valence-corrected chi connectivity index (χ2v) is 5.90. The van der Waals surface area contributed by atoms with Gasteiger partial charge in [0.2, 0.25) is 0 Å². The molecular weight excluding hydrogens is 324 g/mol. The molecular formula is C19H12O6. The number of ketones is 2. The number of rotatable bonds is 2. The zero-order chi connectivity index (χ0) is 17.6. The Morgan fingerprint density at radius 2 is 1.04 bits per heavy atom. The normalized spacial score (nSPS) is 21.9. The fourth-order valence-corrected chi connectivity index (χ4v) is 3.11. The van der Waals surface area contributed by atoms with Crippen LogP contribution in [0.25, 0.3) is 0 Å². The van der Waals surface area contributed by atoms with Crippen molar-refractivity contribution < 1.29 is 28.7 Å². The average molecular weight is 336 g/mol. The molecule has 0 bridgehead atoms. The predicted molar refractivity (Wildman–Crippen MR) is 84.4 cm³/mol. The minimum atomic E-state index is -1.21. The summed E-state index contributed by atoms with van der Waals surface area (Å²) in [6.45, 7) is 0. The van der Waals surface area contributed by atoms with E-state index in [9.17, 15) is 19.2 Å². The summed E-state index contributed by atoms with van der Waals surface area (Å²) in [6.07, 6.45) is -0.266. The summed E-state index contributed by atoms with van der Waals surface area (Å²) in [5.41, 5.74) is 0.535. The third-order valence-corrected chi connectivity index (χ3v) is 4.40. The van der Waals surface area contributed by atoms with Gasteiger partial charge in [0.25, 0.3) is 0 Å². The molecule has 2 aliphatic rings. The van der Waals surface area contributed by atoms with Crippen LogP contribution >= 0.6 is 0 Å². The molecule has 2 aliphatic heterocycles. The summed E-state index contributed by atoms with van der Waals surface area (Å²) >= 11 is 0. The number of hydrogen-bond acceptors (Lipinski definition) is 6. The fourth-order valence-electron chi connectivity index (χ4n) is 3.11. The number of hydrogen-bond donors (Lipinski definition) is 0. The second kappa shape index (κ2) is 5.66. The van der Waals surface area contributed by atoms with Gasteiger partial charge in [0, 0.05) is 0 Å². The van der Waals surface area contributed by atoms with Crippen molar-refractivity contribution in [3.05, 3.63) is 59.7 Å². The first kappa shape index (κ1) is 15.3. The van der Waals surface area contributed by atoms with Gasteiger partial charge in [-0.05, 0) is 30.7 Å². The highest BCUT2D eigenvalue weighted by molar-refractivity contribution is 6.16. The van der Waals surface area contributed by atoms with Crippen molar-refractivity contribution in [1.29, 1.82) is 0 Å². The van der Waals surface area contributed by atoms with E-state index in [1.165, 1.54) is 12.1 Å². The minimum absolute atomic E-state index is 0.191. The highest BCUT2D eigenvalue weighted by atomic mass is 16.5. The molecule has 6 nitrogen and oxygen atoms in total. The van der Waals surface area contributed by atoms with E-state index in [-0.39, 0.29) is 29.0 Å². The molecule has 0 radical (unpaired) electrons. The van der Waals surface area contributed by atoms with Crippen LogP contribution in [0.15, 0.2) is 48.5 Å². The quantitative estimate of drug-likeness (QED) is 0.475. The number of Topliss-reactive ketones (excluding diaryl/α,β-unsaturated/α-hetero) is 2. The molecule has 6 heteroatoms. The van der Waals surface area contributed by atoms with Crippen molar-refractivity contribution in [2.45, 2.75) is 6.42 Å². The largest absolute Gasteiger partial charge is 0.425 e. The maximum absolute atomic E-state index is 12.6. The van der Waals surface area contributed by atoms with Gasteiger partial charge >= 0.3 is 11.9 Å². The zero-order valence-electron chi connectivity index (χ0n) is 12.9. The number of para-hydroxylation sites is 2. The molecule has 0 saturated heterocycles. The second-order valence-electron chi connectivity index (χ2n) is 5.90. The topological polar surface area (TPSA) is 86.7 Å². The van der Waals surface area contributed by atoms with Crippen LogP contribution in [-0.2, 0) is 9.59 Å². The number of benzene rings is 2. The maximum Gasteiger partial charge on any atom is 0.322 e. The molecule has 0 aliphatic carbocycles. The zero-order valence-corrected chi connectivity index (χ0v) is 12.9. The number of esters is 2. The van der Waals surface area contributed by atoms with Crippen LogP contribution in [0.5, 0.6) is 11.5 Å². The molecule has 2 heterocycles. The lowest BCUT2D eigenvalue weighted by molar-refractivity contribution is -0.141. The van der Waals surface area contributed by atoms with Gasteiger partial charge in [-0.1, -0.05) is 24.3 Å². The molecule has 0 spiro atoms. The van der Waals surface area contributed by atoms with Crippen LogP contribution in [0.3, 0.4) is 0 Å². The van der Waals surface area contributed by atoms with Crippen molar-refractivity contribution in [3.63, 3.8) is 0 Å². The third kappa shape index (κ3) is 2.42. The van der Waals surface area contributed by atoms with E-state index in [1.54, 1.807) is 36.4 Å². The van der Waals surface area contributed by atoms with Crippen LogP contribution in [-0.4, -0.2) is 23.5 Å². The SMILES string of the molecule is O=C1Oc2ccccc2C(=O)[C@@H]1C[C@H]1C(=O)Oc2ccccc2C1=O. The molecule has 0 fully saturated rings. The Morgan fingerprint density at radius 1 is 0.640 bits per heavy atom. The van der Waals surface area contributed by atoms with Gasteiger partial charge < -0.3 is 9.47 Å². The van der Waals surface area contributed by atoms with Gasteiger partial charge in [-0.2, -0.15) is 0 Å². The molecule has 2 aromatic rings. The highest BCUT2D eigenvalue weighted by Crippen LogP contribution is 2.35. The Morgan fingerprint density at radius 3 is 1.48 bits per heavy atom. The van der Waals surface area contributed by atoms with E-state index in [4.69, 9.17) is 9.47 Å². The van der Waals surface area contributed by atoms with Crippen molar-refractivity contribution >= 4 is 23.5 Å². The molecule has 0 aromatic heterocycles. The van der Waals surface area contributed by atoms with Gasteiger partial charge in [0.1, 0.15) is 23.3 Å². The number of ether oxygens (including phenoxy) is 2. The Balaban J connectivity index is 1.64. The van der Waals surface area contributed by atoms with Gasteiger partial charge in [0.05, 0.1) is 11.1 Å². The third-order valence-electron chi connectivity index (χ3n) is 4.40. The van der Waals surface area contributed by atoms with Gasteiger partial charge in [0.15, 0.2) is 11.6 Å². The van der Waals surface area contributed by atoms with Crippen LogP contribution < -0.4 is 9.47 Å². The van der Waals surface area contributed by atoms with Gasteiger partial charge in [-0.3, -0.25) is 19.2 Å². The van der Waals surface area contributed by atoms with Crippen LogP contribution in [0.4, 0.5) is 0 Å². The lowest BCUT2D eigenvalue weighted by atomic mass is 9.82. The lowest BCUT2D eigenvalue weighted by Crippen LogP contribution is -2.40. The summed E-state index contributed by atoms with van der Waals surface area (Å²) in [5, 5.41) is 0. The summed E-state index contributed by atoms with van der Waals surface area (Å²) in [6, 6.07) is 12.8.